The topological polar surface area (TPSA) is 75.7 Å². The van der Waals surface area contributed by atoms with Crippen LogP contribution in [0.3, 0.4) is 0 Å². The second-order valence-corrected chi connectivity index (χ2v) is 7.72. The highest BCUT2D eigenvalue weighted by Crippen LogP contribution is 2.24. The number of ether oxygens (including phenoxy) is 1. The van der Waals surface area contributed by atoms with Crippen LogP contribution in [0.4, 0.5) is 0 Å². The first kappa shape index (κ1) is 19.0. The Balaban J connectivity index is 2.34. The SMILES string of the molecule is CNC(=O)c1ccc(OC)c(CN(C)S(=O)(=O)c2ccc(C)cc2)c1. The molecule has 0 saturated heterocycles. The minimum absolute atomic E-state index is 0.0875. The summed E-state index contributed by atoms with van der Waals surface area (Å²) in [6.07, 6.45) is 0. The van der Waals surface area contributed by atoms with Crippen LogP contribution in [0.25, 0.3) is 0 Å². The molecule has 0 bridgehead atoms. The van der Waals surface area contributed by atoms with Gasteiger partial charge in [-0.2, -0.15) is 4.31 Å². The molecule has 0 radical (unpaired) electrons. The third-order valence-electron chi connectivity index (χ3n) is 3.89. The molecule has 0 aliphatic rings. The molecular weight excluding hydrogens is 340 g/mol. The van der Waals surface area contributed by atoms with Crippen molar-refractivity contribution in [2.24, 2.45) is 0 Å². The predicted octanol–water partition coefficient (Wildman–Crippen LogP) is 2.18. The van der Waals surface area contributed by atoms with Crippen molar-refractivity contribution in [1.82, 2.24) is 9.62 Å². The van der Waals surface area contributed by atoms with E-state index in [1.54, 1.807) is 49.5 Å². The molecule has 0 heterocycles. The molecule has 2 aromatic rings. The number of rotatable bonds is 6. The molecular formula is C18H22N2O4S. The molecule has 0 aromatic heterocycles. The molecule has 0 aliphatic heterocycles. The van der Waals surface area contributed by atoms with Crippen LogP contribution in [0.15, 0.2) is 47.4 Å². The molecule has 0 fully saturated rings. The molecule has 7 heteroatoms. The van der Waals surface area contributed by atoms with Crippen molar-refractivity contribution in [3.63, 3.8) is 0 Å². The first-order valence-corrected chi connectivity index (χ1v) is 9.15. The van der Waals surface area contributed by atoms with E-state index in [4.69, 9.17) is 4.74 Å². The van der Waals surface area contributed by atoms with Crippen LogP contribution in [0.2, 0.25) is 0 Å². The van der Waals surface area contributed by atoms with Crippen molar-refractivity contribution in [2.45, 2.75) is 18.4 Å². The maximum Gasteiger partial charge on any atom is 0.251 e. The molecule has 134 valence electrons. The van der Waals surface area contributed by atoms with Crippen LogP contribution in [0, 0.1) is 6.92 Å². The molecule has 0 aliphatic carbocycles. The molecule has 0 saturated carbocycles. The van der Waals surface area contributed by atoms with E-state index in [9.17, 15) is 13.2 Å². The van der Waals surface area contributed by atoms with Crippen LogP contribution >= 0.6 is 0 Å². The minimum atomic E-state index is -3.64. The third-order valence-corrected chi connectivity index (χ3v) is 5.71. The number of hydrogen-bond acceptors (Lipinski definition) is 4. The molecule has 0 unspecified atom stereocenters. The van der Waals surface area contributed by atoms with Gasteiger partial charge in [-0.15, -0.1) is 0 Å². The van der Waals surface area contributed by atoms with Crippen LogP contribution in [-0.4, -0.2) is 39.8 Å². The van der Waals surface area contributed by atoms with Gasteiger partial charge in [-0.25, -0.2) is 8.42 Å². The molecule has 0 spiro atoms. The fourth-order valence-electron chi connectivity index (χ4n) is 2.40. The molecule has 25 heavy (non-hydrogen) atoms. The second-order valence-electron chi connectivity index (χ2n) is 5.68. The Labute approximate surface area is 148 Å². The first-order valence-electron chi connectivity index (χ1n) is 7.71. The maximum absolute atomic E-state index is 12.7. The summed E-state index contributed by atoms with van der Waals surface area (Å²) in [6.45, 7) is 1.99. The van der Waals surface area contributed by atoms with Crippen molar-refractivity contribution in [2.75, 3.05) is 21.2 Å². The van der Waals surface area contributed by atoms with Gasteiger partial charge in [-0.05, 0) is 37.3 Å². The Morgan fingerprint density at radius 2 is 1.80 bits per heavy atom. The Kier molecular flexibility index (Phi) is 5.81. The van der Waals surface area contributed by atoms with Crippen molar-refractivity contribution in [1.29, 1.82) is 0 Å². The molecule has 6 nitrogen and oxygen atoms in total. The monoisotopic (exact) mass is 362 g/mol. The number of hydrogen-bond donors (Lipinski definition) is 1. The Morgan fingerprint density at radius 1 is 1.16 bits per heavy atom. The molecule has 1 N–H and O–H groups in total. The number of carbonyl (C=O) groups is 1. The lowest BCUT2D eigenvalue weighted by molar-refractivity contribution is 0.0963. The predicted molar refractivity (Wildman–Crippen MR) is 96.2 cm³/mol. The van der Waals surface area contributed by atoms with Crippen LogP contribution in [-0.2, 0) is 16.6 Å². The minimum Gasteiger partial charge on any atom is -0.496 e. The number of carbonyl (C=O) groups excluding carboxylic acids is 1. The number of nitrogens with one attached hydrogen (secondary N) is 1. The fourth-order valence-corrected chi connectivity index (χ4v) is 3.55. The standard InChI is InChI=1S/C18H22N2O4S/c1-13-5-8-16(9-6-13)25(22,23)20(3)12-15-11-14(18(21)19-2)7-10-17(15)24-4/h5-11H,12H2,1-4H3,(H,19,21). The van der Waals surface area contributed by atoms with E-state index in [0.29, 0.717) is 16.9 Å². The average molecular weight is 362 g/mol. The van der Waals surface area contributed by atoms with Gasteiger partial charge in [-0.3, -0.25) is 4.79 Å². The molecule has 2 aromatic carbocycles. The number of sulfonamides is 1. The van der Waals surface area contributed by atoms with E-state index in [1.165, 1.54) is 18.5 Å². The van der Waals surface area contributed by atoms with Gasteiger partial charge in [0.25, 0.3) is 5.91 Å². The lowest BCUT2D eigenvalue weighted by Gasteiger charge is -2.19. The van der Waals surface area contributed by atoms with Gasteiger partial charge in [0.2, 0.25) is 10.0 Å². The number of benzene rings is 2. The zero-order chi connectivity index (χ0) is 18.6. The summed E-state index contributed by atoms with van der Waals surface area (Å²) < 4.78 is 32.0. The van der Waals surface area contributed by atoms with Crippen molar-refractivity contribution >= 4 is 15.9 Å². The van der Waals surface area contributed by atoms with E-state index in [1.807, 2.05) is 6.92 Å². The summed E-state index contributed by atoms with van der Waals surface area (Å²) >= 11 is 0. The maximum atomic E-state index is 12.7. The first-order chi connectivity index (χ1) is 11.8. The lowest BCUT2D eigenvalue weighted by atomic mass is 10.1. The highest BCUT2D eigenvalue weighted by molar-refractivity contribution is 7.89. The Hall–Kier alpha value is -2.38. The van der Waals surface area contributed by atoms with Crippen LogP contribution < -0.4 is 10.1 Å². The van der Waals surface area contributed by atoms with Gasteiger partial charge >= 0.3 is 0 Å². The summed E-state index contributed by atoms with van der Waals surface area (Å²) in [7, 11) is 0.910. The summed E-state index contributed by atoms with van der Waals surface area (Å²) in [6, 6.07) is 11.6. The van der Waals surface area contributed by atoms with Crippen molar-refractivity contribution < 1.29 is 17.9 Å². The van der Waals surface area contributed by atoms with Crippen molar-refractivity contribution in [3.8, 4) is 5.75 Å². The molecule has 2 rings (SSSR count). The Morgan fingerprint density at radius 3 is 2.36 bits per heavy atom. The van der Waals surface area contributed by atoms with Gasteiger partial charge in [0, 0.05) is 31.8 Å². The van der Waals surface area contributed by atoms with E-state index >= 15 is 0 Å². The highest BCUT2D eigenvalue weighted by Gasteiger charge is 2.22. The normalized spacial score (nSPS) is 11.4. The summed E-state index contributed by atoms with van der Waals surface area (Å²) in [4.78, 5) is 12.0. The van der Waals surface area contributed by atoms with E-state index in [-0.39, 0.29) is 17.3 Å². The second kappa shape index (κ2) is 7.67. The zero-order valence-corrected chi connectivity index (χ0v) is 15.6. The van der Waals surface area contributed by atoms with Crippen LogP contribution in [0.5, 0.6) is 5.75 Å². The fraction of sp³-hybridized carbons (Fsp3) is 0.278. The van der Waals surface area contributed by atoms with Gasteiger partial charge in [0.1, 0.15) is 5.75 Å². The van der Waals surface area contributed by atoms with E-state index in [2.05, 4.69) is 5.32 Å². The number of nitrogens with zero attached hydrogens (tertiary/aromatic N) is 1. The highest BCUT2D eigenvalue weighted by atomic mass is 32.2. The Bertz CT molecular complexity index is 861. The van der Waals surface area contributed by atoms with Gasteiger partial charge in [-0.1, -0.05) is 17.7 Å². The largest absolute Gasteiger partial charge is 0.496 e. The summed E-state index contributed by atoms with van der Waals surface area (Å²) in [5.74, 6) is 0.284. The van der Waals surface area contributed by atoms with E-state index in [0.717, 1.165) is 5.56 Å². The van der Waals surface area contributed by atoms with Gasteiger partial charge < -0.3 is 10.1 Å². The number of methoxy groups -OCH3 is 1. The summed E-state index contributed by atoms with van der Waals surface area (Å²) in [5.41, 5.74) is 2.04. The van der Waals surface area contributed by atoms with Gasteiger partial charge in [0.15, 0.2) is 0 Å². The molecule has 0 atom stereocenters. The third kappa shape index (κ3) is 4.18. The zero-order valence-electron chi connectivity index (χ0n) is 14.7. The van der Waals surface area contributed by atoms with Crippen molar-refractivity contribution in [3.05, 3.63) is 59.2 Å². The lowest BCUT2D eigenvalue weighted by Crippen LogP contribution is -2.27. The number of amides is 1. The average Bonchev–Trinajstić information content (AvgIpc) is 2.61. The van der Waals surface area contributed by atoms with Gasteiger partial charge in [0.05, 0.1) is 12.0 Å². The van der Waals surface area contributed by atoms with E-state index < -0.39 is 10.0 Å². The number of aryl methyl sites for hydroxylation is 1. The quantitative estimate of drug-likeness (QED) is 0.855. The van der Waals surface area contributed by atoms with Crippen LogP contribution in [0.1, 0.15) is 21.5 Å². The molecule has 1 amide bonds. The summed E-state index contributed by atoms with van der Waals surface area (Å²) in [5, 5.41) is 2.55. The smallest absolute Gasteiger partial charge is 0.251 e.